The molecule has 4 rings (SSSR count). The number of hydrogen-bond acceptors (Lipinski definition) is 5. The summed E-state index contributed by atoms with van der Waals surface area (Å²) in [5, 5.41) is 4.22. The van der Waals surface area contributed by atoms with Crippen LogP contribution in [0, 0.1) is 12.8 Å². The van der Waals surface area contributed by atoms with Crippen molar-refractivity contribution in [2.45, 2.75) is 31.8 Å². The van der Waals surface area contributed by atoms with E-state index in [2.05, 4.69) is 10.00 Å². The number of nitrogens with zero attached hydrogens (tertiary/aromatic N) is 4. The lowest BCUT2D eigenvalue weighted by molar-refractivity contribution is -0.128. The van der Waals surface area contributed by atoms with Crippen molar-refractivity contribution in [1.29, 1.82) is 0 Å². The normalized spacial score (nSPS) is 26.5. The van der Waals surface area contributed by atoms with Gasteiger partial charge >= 0.3 is 0 Å². The number of rotatable bonds is 3. The molecule has 1 amide bonds. The van der Waals surface area contributed by atoms with Gasteiger partial charge in [-0.25, -0.2) is 0 Å². The molecule has 7 heteroatoms. The molecule has 0 bridgehead atoms. The number of piperidine rings is 1. The Morgan fingerprint density at radius 2 is 2.12 bits per heavy atom. The van der Waals surface area contributed by atoms with Gasteiger partial charge in [0.15, 0.2) is 0 Å². The van der Waals surface area contributed by atoms with Crippen molar-refractivity contribution in [1.82, 2.24) is 19.6 Å². The van der Waals surface area contributed by atoms with E-state index < -0.39 is 0 Å². The highest BCUT2D eigenvalue weighted by atomic mass is 16.5. The first-order valence-electron chi connectivity index (χ1n) is 9.78. The molecule has 0 aliphatic carbocycles. The number of carbonyl (C=O) groups is 1. The molecule has 0 saturated carbocycles. The number of morpholine rings is 1. The van der Waals surface area contributed by atoms with Gasteiger partial charge in [-0.15, -0.1) is 0 Å². The molecule has 0 N–H and O–H groups in total. The lowest BCUT2D eigenvalue weighted by Gasteiger charge is -2.47. The smallest absolute Gasteiger partial charge is 0.257 e. The second-order valence-electron chi connectivity index (χ2n) is 8.06. The van der Waals surface area contributed by atoms with Crippen LogP contribution in [-0.4, -0.2) is 83.6 Å². The summed E-state index contributed by atoms with van der Waals surface area (Å²) in [5.41, 5.74) is 1.46. The molecular formula is C19H30N4O3. The zero-order chi connectivity index (χ0) is 18.1. The molecule has 3 aliphatic heterocycles. The maximum absolute atomic E-state index is 12.9. The summed E-state index contributed by atoms with van der Waals surface area (Å²) in [4.78, 5) is 17.5. The van der Waals surface area contributed by atoms with Gasteiger partial charge < -0.3 is 19.3 Å². The third-order valence-corrected chi connectivity index (χ3v) is 6.31. The third kappa shape index (κ3) is 3.52. The molecule has 3 saturated heterocycles. The molecule has 26 heavy (non-hydrogen) atoms. The standard InChI is InChI=1S/C19H30N4O3/c1-15-17(11-20-21(15)2)18(24)23-8-10-26-19(14-23)4-6-22(7-5-19)12-16-3-9-25-13-16/h11,16H,3-10,12-14H2,1-2H3. The van der Waals surface area contributed by atoms with Gasteiger partial charge in [-0.05, 0) is 32.1 Å². The Morgan fingerprint density at radius 3 is 2.77 bits per heavy atom. The molecule has 7 nitrogen and oxygen atoms in total. The number of amides is 1. The lowest BCUT2D eigenvalue weighted by atomic mass is 9.88. The summed E-state index contributed by atoms with van der Waals surface area (Å²) in [6.45, 7) is 8.98. The Balaban J connectivity index is 1.36. The first-order chi connectivity index (χ1) is 12.6. The number of likely N-dealkylation sites (tertiary alicyclic amines) is 1. The number of carbonyl (C=O) groups excluding carboxylic acids is 1. The van der Waals surface area contributed by atoms with E-state index in [-0.39, 0.29) is 11.5 Å². The minimum atomic E-state index is -0.174. The average Bonchev–Trinajstić information content (AvgIpc) is 3.27. The summed E-state index contributed by atoms with van der Waals surface area (Å²) in [5.74, 6) is 0.770. The second kappa shape index (κ2) is 7.29. The number of aromatic nitrogens is 2. The molecule has 1 spiro atoms. The van der Waals surface area contributed by atoms with Crippen LogP contribution in [0.3, 0.4) is 0 Å². The largest absolute Gasteiger partial charge is 0.381 e. The van der Waals surface area contributed by atoms with Gasteiger partial charge in [-0.3, -0.25) is 9.48 Å². The van der Waals surface area contributed by atoms with E-state index in [1.54, 1.807) is 10.9 Å². The summed E-state index contributed by atoms with van der Waals surface area (Å²) < 4.78 is 13.5. The van der Waals surface area contributed by atoms with Crippen LogP contribution in [-0.2, 0) is 16.5 Å². The van der Waals surface area contributed by atoms with Gasteiger partial charge in [-0.2, -0.15) is 5.10 Å². The van der Waals surface area contributed by atoms with Gasteiger partial charge in [0.05, 0.1) is 37.1 Å². The Hall–Kier alpha value is -1.44. The quantitative estimate of drug-likeness (QED) is 0.805. The highest BCUT2D eigenvalue weighted by Crippen LogP contribution is 2.31. The van der Waals surface area contributed by atoms with Crippen LogP contribution >= 0.6 is 0 Å². The molecule has 3 aliphatic rings. The van der Waals surface area contributed by atoms with Crippen molar-refractivity contribution in [2.24, 2.45) is 13.0 Å². The second-order valence-corrected chi connectivity index (χ2v) is 8.06. The topological polar surface area (TPSA) is 59.8 Å². The van der Waals surface area contributed by atoms with Crippen LogP contribution < -0.4 is 0 Å². The Labute approximate surface area is 155 Å². The lowest BCUT2D eigenvalue weighted by Crippen LogP contribution is -2.58. The summed E-state index contributed by atoms with van der Waals surface area (Å²) in [6, 6.07) is 0. The van der Waals surface area contributed by atoms with E-state index in [9.17, 15) is 4.79 Å². The van der Waals surface area contributed by atoms with Crippen molar-refractivity contribution in [3.8, 4) is 0 Å². The van der Waals surface area contributed by atoms with Crippen LogP contribution in [0.2, 0.25) is 0 Å². The molecule has 1 atom stereocenters. The van der Waals surface area contributed by atoms with Gasteiger partial charge in [0.25, 0.3) is 5.91 Å². The van der Waals surface area contributed by atoms with E-state index in [4.69, 9.17) is 9.47 Å². The minimum absolute atomic E-state index is 0.0869. The van der Waals surface area contributed by atoms with E-state index in [1.165, 1.54) is 6.42 Å². The summed E-state index contributed by atoms with van der Waals surface area (Å²) in [7, 11) is 1.87. The van der Waals surface area contributed by atoms with E-state index in [0.717, 1.165) is 51.4 Å². The van der Waals surface area contributed by atoms with Gasteiger partial charge in [-0.1, -0.05) is 0 Å². The molecule has 1 aromatic rings. The zero-order valence-corrected chi connectivity index (χ0v) is 15.9. The summed E-state index contributed by atoms with van der Waals surface area (Å²) >= 11 is 0. The van der Waals surface area contributed by atoms with Crippen LogP contribution in [0.5, 0.6) is 0 Å². The molecule has 3 fully saturated rings. The highest BCUT2D eigenvalue weighted by Gasteiger charge is 2.41. The van der Waals surface area contributed by atoms with Gasteiger partial charge in [0.1, 0.15) is 0 Å². The predicted molar refractivity (Wildman–Crippen MR) is 97.1 cm³/mol. The van der Waals surface area contributed by atoms with Crippen LogP contribution in [0.4, 0.5) is 0 Å². The zero-order valence-electron chi connectivity index (χ0n) is 15.9. The third-order valence-electron chi connectivity index (χ3n) is 6.31. The fraction of sp³-hybridized carbons (Fsp3) is 0.789. The van der Waals surface area contributed by atoms with E-state index in [1.807, 2.05) is 18.9 Å². The van der Waals surface area contributed by atoms with Crippen molar-refractivity contribution < 1.29 is 14.3 Å². The van der Waals surface area contributed by atoms with Crippen LogP contribution in [0.15, 0.2) is 6.20 Å². The molecule has 144 valence electrons. The van der Waals surface area contributed by atoms with Crippen molar-refractivity contribution in [3.05, 3.63) is 17.5 Å². The fourth-order valence-corrected chi connectivity index (χ4v) is 4.44. The number of hydrogen-bond donors (Lipinski definition) is 0. The SMILES string of the molecule is Cc1c(C(=O)N2CCOC3(CCN(CC4CCOC4)CC3)C2)cnn1C. The average molecular weight is 362 g/mol. The van der Waals surface area contributed by atoms with Crippen molar-refractivity contribution in [3.63, 3.8) is 0 Å². The maximum Gasteiger partial charge on any atom is 0.257 e. The van der Waals surface area contributed by atoms with Crippen LogP contribution in [0.1, 0.15) is 35.3 Å². The minimum Gasteiger partial charge on any atom is -0.381 e. The van der Waals surface area contributed by atoms with Crippen LogP contribution in [0.25, 0.3) is 0 Å². The van der Waals surface area contributed by atoms with Gasteiger partial charge in [0.2, 0.25) is 0 Å². The van der Waals surface area contributed by atoms with E-state index >= 15 is 0 Å². The highest BCUT2D eigenvalue weighted by molar-refractivity contribution is 5.95. The first-order valence-corrected chi connectivity index (χ1v) is 9.78. The number of ether oxygens (including phenoxy) is 2. The van der Waals surface area contributed by atoms with Crippen molar-refractivity contribution >= 4 is 5.91 Å². The maximum atomic E-state index is 12.9. The van der Waals surface area contributed by atoms with Crippen molar-refractivity contribution in [2.75, 3.05) is 52.5 Å². The predicted octanol–water partition coefficient (Wildman–Crippen LogP) is 1.07. The van der Waals surface area contributed by atoms with E-state index in [0.29, 0.717) is 31.2 Å². The summed E-state index contributed by atoms with van der Waals surface area (Å²) in [6.07, 6.45) is 4.86. The van der Waals surface area contributed by atoms with Gasteiger partial charge in [0, 0.05) is 45.5 Å². The number of aryl methyl sites for hydroxylation is 1. The molecule has 0 aromatic carbocycles. The first kappa shape index (κ1) is 17.9. The molecule has 0 radical (unpaired) electrons. The Morgan fingerprint density at radius 1 is 1.31 bits per heavy atom. The fourth-order valence-electron chi connectivity index (χ4n) is 4.44. The molecule has 1 aromatic heterocycles. The Kier molecular flexibility index (Phi) is 5.03. The molecule has 4 heterocycles. The Bertz CT molecular complexity index is 645. The molecule has 1 unspecified atom stereocenters. The monoisotopic (exact) mass is 362 g/mol. The molecular weight excluding hydrogens is 332 g/mol.